The summed E-state index contributed by atoms with van der Waals surface area (Å²) in [7, 11) is 0. The highest BCUT2D eigenvalue weighted by Crippen LogP contribution is 2.36. The van der Waals surface area contributed by atoms with E-state index in [2.05, 4.69) is 45.5 Å². The van der Waals surface area contributed by atoms with Crippen LogP contribution in [0.1, 0.15) is 41.9 Å². The van der Waals surface area contributed by atoms with Crippen LogP contribution < -0.4 is 5.32 Å². The number of pyridine rings is 1. The number of nitrogens with zero attached hydrogens (tertiary/aromatic N) is 3. The fourth-order valence-corrected chi connectivity index (χ4v) is 5.44. The van der Waals surface area contributed by atoms with E-state index in [-0.39, 0.29) is 11.9 Å². The zero-order chi connectivity index (χ0) is 30.0. The zero-order valence-electron chi connectivity index (χ0n) is 23.1. The first-order chi connectivity index (χ1) is 20.3. The molecule has 5 rings (SSSR count). The second-order valence-corrected chi connectivity index (χ2v) is 10.1. The van der Waals surface area contributed by atoms with Crippen molar-refractivity contribution < 1.29 is 29.4 Å². The first-order valence-electron chi connectivity index (χ1n) is 13.8. The number of rotatable bonds is 9. The number of urea groups is 1. The number of amides is 3. The van der Waals surface area contributed by atoms with E-state index in [1.807, 2.05) is 30.3 Å². The number of aromatic nitrogens is 1. The van der Waals surface area contributed by atoms with Gasteiger partial charge in [0, 0.05) is 31.1 Å². The van der Waals surface area contributed by atoms with Gasteiger partial charge in [0.1, 0.15) is 0 Å². The quantitative estimate of drug-likeness (QED) is 0.260. The Morgan fingerprint density at radius 3 is 1.95 bits per heavy atom. The molecule has 0 radical (unpaired) electrons. The largest absolute Gasteiger partial charge is 0.478 e. The smallest absolute Gasteiger partial charge is 0.328 e. The summed E-state index contributed by atoms with van der Waals surface area (Å²) in [6.45, 7) is 3.38. The fraction of sp³-hybridized carbons (Fsp3) is 0.281. The highest BCUT2D eigenvalue weighted by molar-refractivity contribution is 6.09. The summed E-state index contributed by atoms with van der Waals surface area (Å²) in [6.07, 6.45) is 7.47. The first-order valence-corrected chi connectivity index (χ1v) is 13.8. The average molecular weight is 571 g/mol. The third-order valence-corrected chi connectivity index (χ3v) is 7.51. The van der Waals surface area contributed by atoms with Crippen molar-refractivity contribution in [2.45, 2.75) is 30.7 Å². The molecule has 0 saturated carbocycles. The minimum absolute atomic E-state index is 0.224. The molecular formula is C32H34N4O6. The molecule has 218 valence electrons. The highest BCUT2D eigenvalue weighted by Gasteiger charge is 2.53. The Balaban J connectivity index is 0.000000446. The number of carboxylic acids is 2. The molecule has 2 aromatic carbocycles. The Hall–Kier alpha value is -4.83. The molecule has 2 fully saturated rings. The van der Waals surface area contributed by atoms with Crippen LogP contribution in [-0.4, -0.2) is 75.1 Å². The van der Waals surface area contributed by atoms with E-state index < -0.39 is 17.5 Å². The standard InChI is InChI=1S/C28H30N4O2.C4H4O4/c33-26-28(24-10-5-2-6-11-24,25-12-16-29-17-13-25)30-27(34)32(26)19-7-18-31-20-14-23(15-21-31)22-8-3-1-4-9-22;5-3(6)1-2-4(7)8/h1-6,8-13,16-17,23H,7,14-15,18-21H2,(H,30,34);1-2H,(H,5,6)(H,7,8). The minimum atomic E-state index is -1.26. The maximum atomic E-state index is 13.7. The van der Waals surface area contributed by atoms with Gasteiger partial charge in [-0.05, 0) is 73.6 Å². The van der Waals surface area contributed by atoms with Gasteiger partial charge in [-0.15, -0.1) is 0 Å². The van der Waals surface area contributed by atoms with Crippen molar-refractivity contribution in [2.75, 3.05) is 26.2 Å². The van der Waals surface area contributed by atoms with E-state index in [9.17, 15) is 19.2 Å². The number of carbonyl (C=O) groups excluding carboxylic acids is 2. The molecule has 2 saturated heterocycles. The van der Waals surface area contributed by atoms with Gasteiger partial charge >= 0.3 is 18.0 Å². The topological polar surface area (TPSA) is 140 Å². The minimum Gasteiger partial charge on any atom is -0.478 e. The number of imide groups is 1. The van der Waals surface area contributed by atoms with Gasteiger partial charge in [0.05, 0.1) is 0 Å². The lowest BCUT2D eigenvalue weighted by atomic mass is 9.83. The number of carbonyl (C=O) groups is 4. The van der Waals surface area contributed by atoms with Crippen LogP contribution in [-0.2, 0) is 19.9 Å². The van der Waals surface area contributed by atoms with Crippen molar-refractivity contribution in [1.82, 2.24) is 20.1 Å². The number of aliphatic carboxylic acids is 2. The fourth-order valence-electron chi connectivity index (χ4n) is 5.44. The molecular weight excluding hydrogens is 536 g/mol. The molecule has 0 bridgehead atoms. The molecule has 1 atom stereocenters. The SMILES string of the molecule is O=C(O)C=CC(=O)O.O=C1NC(c2ccccc2)(c2ccncc2)C(=O)N1CCCN1CCC(c2ccccc2)CC1. The van der Waals surface area contributed by atoms with Crippen molar-refractivity contribution in [1.29, 1.82) is 0 Å². The van der Waals surface area contributed by atoms with E-state index in [4.69, 9.17) is 10.2 Å². The molecule has 3 amide bonds. The molecule has 2 aliphatic heterocycles. The van der Waals surface area contributed by atoms with Crippen LogP contribution in [0.25, 0.3) is 0 Å². The summed E-state index contributed by atoms with van der Waals surface area (Å²) in [4.78, 5) is 53.7. The Bertz CT molecular complexity index is 1330. The van der Waals surface area contributed by atoms with Crippen LogP contribution in [0.2, 0.25) is 0 Å². The summed E-state index contributed by atoms with van der Waals surface area (Å²) >= 11 is 0. The molecule has 2 aliphatic rings. The number of piperidine rings is 1. The summed E-state index contributed by atoms with van der Waals surface area (Å²) < 4.78 is 0. The second kappa shape index (κ2) is 14.2. The van der Waals surface area contributed by atoms with Crippen LogP contribution in [0, 0.1) is 0 Å². The molecule has 3 aromatic rings. The molecule has 1 aromatic heterocycles. The third kappa shape index (κ3) is 7.27. The van der Waals surface area contributed by atoms with E-state index >= 15 is 0 Å². The number of hydrogen-bond donors (Lipinski definition) is 3. The van der Waals surface area contributed by atoms with Gasteiger partial charge in [0.25, 0.3) is 5.91 Å². The van der Waals surface area contributed by atoms with Crippen molar-refractivity contribution in [3.8, 4) is 0 Å². The summed E-state index contributed by atoms with van der Waals surface area (Å²) in [5.41, 5.74) is 1.69. The molecule has 42 heavy (non-hydrogen) atoms. The van der Waals surface area contributed by atoms with Gasteiger partial charge in [0.15, 0.2) is 5.54 Å². The molecule has 0 spiro atoms. The number of hydrogen-bond acceptors (Lipinski definition) is 6. The predicted molar refractivity (Wildman–Crippen MR) is 156 cm³/mol. The molecule has 10 nitrogen and oxygen atoms in total. The summed E-state index contributed by atoms with van der Waals surface area (Å²) in [5.74, 6) is -2.12. The Morgan fingerprint density at radius 1 is 0.833 bits per heavy atom. The highest BCUT2D eigenvalue weighted by atomic mass is 16.4. The average Bonchev–Trinajstić information content (AvgIpc) is 3.28. The van der Waals surface area contributed by atoms with Crippen molar-refractivity contribution in [3.05, 3.63) is 114 Å². The van der Waals surface area contributed by atoms with Gasteiger partial charge in [0.2, 0.25) is 0 Å². The van der Waals surface area contributed by atoms with E-state index in [1.54, 1.807) is 24.5 Å². The Morgan fingerprint density at radius 2 is 1.38 bits per heavy atom. The molecule has 1 unspecified atom stereocenters. The molecule has 3 heterocycles. The lowest BCUT2D eigenvalue weighted by Crippen LogP contribution is -2.45. The van der Waals surface area contributed by atoms with Crippen LogP contribution >= 0.6 is 0 Å². The number of likely N-dealkylation sites (tertiary alicyclic amines) is 1. The van der Waals surface area contributed by atoms with E-state index in [0.717, 1.165) is 50.0 Å². The molecule has 0 aliphatic carbocycles. The monoisotopic (exact) mass is 570 g/mol. The maximum absolute atomic E-state index is 13.7. The van der Waals surface area contributed by atoms with Gasteiger partial charge in [-0.2, -0.15) is 0 Å². The van der Waals surface area contributed by atoms with Crippen LogP contribution in [0.5, 0.6) is 0 Å². The van der Waals surface area contributed by atoms with Crippen molar-refractivity contribution in [3.63, 3.8) is 0 Å². The second-order valence-electron chi connectivity index (χ2n) is 10.1. The number of carboxylic acid groups (broad SMARTS) is 2. The van der Waals surface area contributed by atoms with Gasteiger partial charge in [-0.3, -0.25) is 14.7 Å². The first kappa shape index (κ1) is 30.1. The normalized spacial score (nSPS) is 19.3. The van der Waals surface area contributed by atoms with Crippen molar-refractivity contribution in [2.24, 2.45) is 0 Å². The lowest BCUT2D eigenvalue weighted by Gasteiger charge is -2.32. The Kier molecular flexibility index (Phi) is 10.2. The lowest BCUT2D eigenvalue weighted by molar-refractivity contribution is -0.134. The van der Waals surface area contributed by atoms with Crippen molar-refractivity contribution >= 4 is 23.9 Å². The van der Waals surface area contributed by atoms with E-state index in [0.29, 0.717) is 24.6 Å². The number of nitrogens with one attached hydrogen (secondary N) is 1. The van der Waals surface area contributed by atoms with Gasteiger partial charge in [-0.1, -0.05) is 60.7 Å². The van der Waals surface area contributed by atoms with Crippen LogP contribution in [0.15, 0.2) is 97.3 Å². The summed E-state index contributed by atoms with van der Waals surface area (Å²) in [5, 5.41) is 18.6. The van der Waals surface area contributed by atoms with Gasteiger partial charge in [-0.25, -0.2) is 14.4 Å². The third-order valence-electron chi connectivity index (χ3n) is 7.51. The van der Waals surface area contributed by atoms with Gasteiger partial charge < -0.3 is 20.4 Å². The van der Waals surface area contributed by atoms with Crippen LogP contribution in [0.3, 0.4) is 0 Å². The van der Waals surface area contributed by atoms with Crippen LogP contribution in [0.4, 0.5) is 4.79 Å². The number of benzene rings is 2. The Labute approximate surface area is 244 Å². The zero-order valence-corrected chi connectivity index (χ0v) is 23.1. The summed E-state index contributed by atoms with van der Waals surface area (Å²) in [6, 6.07) is 23.4. The van der Waals surface area contributed by atoms with E-state index in [1.165, 1.54) is 10.5 Å². The maximum Gasteiger partial charge on any atom is 0.328 e. The predicted octanol–water partition coefficient (Wildman–Crippen LogP) is 3.86. The molecule has 3 N–H and O–H groups in total. The molecule has 10 heteroatoms.